The highest BCUT2D eigenvalue weighted by Gasteiger charge is 2.19. The van der Waals surface area contributed by atoms with Crippen molar-refractivity contribution in [2.75, 3.05) is 0 Å². The molecule has 1 aromatic rings. The van der Waals surface area contributed by atoms with E-state index in [0.717, 1.165) is 5.92 Å². The van der Waals surface area contributed by atoms with Gasteiger partial charge in [0, 0.05) is 16.6 Å². The molecule has 1 aliphatic carbocycles. The monoisotopic (exact) mass is 337 g/mol. The highest BCUT2D eigenvalue weighted by Crippen LogP contribution is 2.28. The molecular weight excluding hydrogens is 310 g/mol. The van der Waals surface area contributed by atoms with Gasteiger partial charge in [-0.3, -0.25) is 0 Å². The summed E-state index contributed by atoms with van der Waals surface area (Å²) in [6.07, 6.45) is 9.72. The maximum Gasteiger partial charge on any atom is 0.0294 e. The summed E-state index contributed by atoms with van der Waals surface area (Å²) >= 11 is 3.57. The maximum atomic E-state index is 3.84. The summed E-state index contributed by atoms with van der Waals surface area (Å²) in [5.41, 5.74) is 1.38. The lowest BCUT2D eigenvalue weighted by Gasteiger charge is -2.22. The van der Waals surface area contributed by atoms with Crippen molar-refractivity contribution in [2.24, 2.45) is 5.92 Å². The van der Waals surface area contributed by atoms with Crippen molar-refractivity contribution in [3.05, 3.63) is 34.3 Å². The molecule has 0 aliphatic heterocycles. The van der Waals surface area contributed by atoms with Crippen molar-refractivity contribution in [1.82, 2.24) is 5.32 Å². The Labute approximate surface area is 132 Å². The highest BCUT2D eigenvalue weighted by atomic mass is 79.9. The van der Waals surface area contributed by atoms with E-state index >= 15 is 0 Å². The largest absolute Gasteiger partial charge is 0.307 e. The second-order valence-electron chi connectivity index (χ2n) is 6.30. The zero-order valence-corrected chi connectivity index (χ0v) is 14.5. The van der Waals surface area contributed by atoms with Gasteiger partial charge in [-0.2, -0.15) is 0 Å². The highest BCUT2D eigenvalue weighted by molar-refractivity contribution is 9.10. The number of benzene rings is 1. The van der Waals surface area contributed by atoms with E-state index in [4.69, 9.17) is 0 Å². The van der Waals surface area contributed by atoms with Crippen molar-refractivity contribution < 1.29 is 0 Å². The van der Waals surface area contributed by atoms with Gasteiger partial charge in [0.2, 0.25) is 0 Å². The molecule has 112 valence electrons. The van der Waals surface area contributed by atoms with Gasteiger partial charge < -0.3 is 5.32 Å². The molecule has 0 aromatic heterocycles. The molecule has 1 fully saturated rings. The topological polar surface area (TPSA) is 12.0 Å². The standard InChI is InChI=1S/C18H28BrN/c1-3-6-15-7-4-10-18(12-11-15)20-14(2)16-8-5-9-17(19)13-16/h5,8-9,13-15,18,20H,3-4,6-7,10-12H2,1-2H3/t14-,15?,18?/m0/s1. The number of nitrogens with one attached hydrogen (secondary N) is 1. The Bertz CT molecular complexity index is 404. The molecule has 1 N–H and O–H groups in total. The zero-order chi connectivity index (χ0) is 14.4. The molecule has 0 bridgehead atoms. The number of rotatable bonds is 5. The zero-order valence-electron chi connectivity index (χ0n) is 12.9. The third kappa shape index (κ3) is 4.89. The van der Waals surface area contributed by atoms with E-state index in [9.17, 15) is 0 Å². The lowest BCUT2D eigenvalue weighted by atomic mass is 9.95. The van der Waals surface area contributed by atoms with Gasteiger partial charge in [0.25, 0.3) is 0 Å². The Morgan fingerprint density at radius 2 is 2.10 bits per heavy atom. The number of halogens is 1. The van der Waals surface area contributed by atoms with Crippen molar-refractivity contribution >= 4 is 15.9 Å². The summed E-state index contributed by atoms with van der Waals surface area (Å²) in [7, 11) is 0. The predicted octanol–water partition coefficient (Wildman–Crippen LogP) is 5.85. The SMILES string of the molecule is CCCC1CCCC(N[C@@H](C)c2cccc(Br)c2)CC1. The maximum absolute atomic E-state index is 3.84. The second-order valence-corrected chi connectivity index (χ2v) is 7.22. The van der Waals surface area contributed by atoms with E-state index in [-0.39, 0.29) is 0 Å². The molecule has 1 nitrogen and oxygen atoms in total. The Hall–Kier alpha value is -0.340. The third-order valence-electron chi connectivity index (χ3n) is 4.62. The Kier molecular flexibility index (Phi) is 6.57. The van der Waals surface area contributed by atoms with Crippen molar-refractivity contribution in [3.63, 3.8) is 0 Å². The van der Waals surface area contributed by atoms with Gasteiger partial charge in [0.05, 0.1) is 0 Å². The van der Waals surface area contributed by atoms with Gasteiger partial charge in [-0.05, 0) is 49.8 Å². The Morgan fingerprint density at radius 1 is 1.25 bits per heavy atom. The average molecular weight is 338 g/mol. The van der Waals surface area contributed by atoms with Crippen LogP contribution in [0.4, 0.5) is 0 Å². The summed E-state index contributed by atoms with van der Waals surface area (Å²) in [4.78, 5) is 0. The van der Waals surface area contributed by atoms with Crippen LogP contribution in [0.2, 0.25) is 0 Å². The molecule has 0 saturated heterocycles. The fourth-order valence-electron chi connectivity index (χ4n) is 3.47. The van der Waals surface area contributed by atoms with Crippen LogP contribution in [0.1, 0.15) is 70.4 Å². The van der Waals surface area contributed by atoms with Gasteiger partial charge in [0.1, 0.15) is 0 Å². The first-order valence-electron chi connectivity index (χ1n) is 8.20. The van der Waals surface area contributed by atoms with Gasteiger partial charge in [-0.1, -0.05) is 60.7 Å². The summed E-state index contributed by atoms with van der Waals surface area (Å²) in [6.45, 7) is 4.60. The summed E-state index contributed by atoms with van der Waals surface area (Å²) in [5, 5.41) is 3.84. The minimum absolute atomic E-state index is 0.445. The molecular formula is C18H28BrN. The van der Waals surface area contributed by atoms with E-state index in [0.29, 0.717) is 12.1 Å². The molecule has 1 aromatic carbocycles. The van der Waals surface area contributed by atoms with Crippen LogP contribution in [-0.4, -0.2) is 6.04 Å². The van der Waals surface area contributed by atoms with Crippen LogP contribution in [0.5, 0.6) is 0 Å². The molecule has 1 aliphatic rings. The van der Waals surface area contributed by atoms with Crippen molar-refractivity contribution in [2.45, 2.75) is 70.9 Å². The molecule has 0 amide bonds. The van der Waals surface area contributed by atoms with E-state index in [2.05, 4.69) is 59.4 Å². The van der Waals surface area contributed by atoms with Crippen LogP contribution in [-0.2, 0) is 0 Å². The van der Waals surface area contributed by atoms with Gasteiger partial charge >= 0.3 is 0 Å². The average Bonchev–Trinajstić information content (AvgIpc) is 2.65. The second kappa shape index (κ2) is 8.19. The third-order valence-corrected chi connectivity index (χ3v) is 5.11. The first kappa shape index (κ1) is 16.0. The van der Waals surface area contributed by atoms with Crippen LogP contribution in [0.3, 0.4) is 0 Å². The van der Waals surface area contributed by atoms with Crippen LogP contribution >= 0.6 is 15.9 Å². The molecule has 2 rings (SSSR count). The summed E-state index contributed by atoms with van der Waals surface area (Å²) < 4.78 is 1.17. The van der Waals surface area contributed by atoms with Crippen LogP contribution in [0.15, 0.2) is 28.7 Å². The lowest BCUT2D eigenvalue weighted by molar-refractivity contribution is 0.393. The van der Waals surface area contributed by atoms with Crippen LogP contribution in [0, 0.1) is 5.92 Å². The van der Waals surface area contributed by atoms with E-state index in [1.165, 1.54) is 55.0 Å². The normalized spacial score (nSPS) is 25.1. The van der Waals surface area contributed by atoms with Gasteiger partial charge in [-0.25, -0.2) is 0 Å². The smallest absolute Gasteiger partial charge is 0.0294 e. The summed E-state index contributed by atoms with van der Waals surface area (Å²) in [5.74, 6) is 0.980. The Balaban J connectivity index is 1.86. The molecule has 1 saturated carbocycles. The Morgan fingerprint density at radius 3 is 2.85 bits per heavy atom. The molecule has 3 atom stereocenters. The van der Waals surface area contributed by atoms with Crippen molar-refractivity contribution in [3.8, 4) is 0 Å². The van der Waals surface area contributed by atoms with E-state index < -0.39 is 0 Å². The molecule has 0 spiro atoms. The van der Waals surface area contributed by atoms with Crippen molar-refractivity contribution in [1.29, 1.82) is 0 Å². The van der Waals surface area contributed by atoms with Gasteiger partial charge in [0.15, 0.2) is 0 Å². The van der Waals surface area contributed by atoms with Crippen LogP contribution in [0.25, 0.3) is 0 Å². The number of hydrogen-bond acceptors (Lipinski definition) is 1. The quantitative estimate of drug-likeness (QED) is 0.664. The molecule has 0 radical (unpaired) electrons. The predicted molar refractivity (Wildman–Crippen MR) is 91.0 cm³/mol. The minimum Gasteiger partial charge on any atom is -0.307 e. The number of hydrogen-bond donors (Lipinski definition) is 1. The van der Waals surface area contributed by atoms with Gasteiger partial charge in [-0.15, -0.1) is 0 Å². The lowest BCUT2D eigenvalue weighted by Crippen LogP contribution is -2.31. The van der Waals surface area contributed by atoms with Crippen LogP contribution < -0.4 is 5.32 Å². The minimum atomic E-state index is 0.445. The fraction of sp³-hybridized carbons (Fsp3) is 0.667. The van der Waals surface area contributed by atoms with E-state index in [1.54, 1.807) is 0 Å². The first-order valence-corrected chi connectivity index (χ1v) is 9.00. The molecule has 0 heterocycles. The summed E-state index contributed by atoms with van der Waals surface area (Å²) in [6, 6.07) is 9.82. The molecule has 2 heteroatoms. The molecule has 20 heavy (non-hydrogen) atoms. The fourth-order valence-corrected chi connectivity index (χ4v) is 3.88. The first-order chi connectivity index (χ1) is 9.69. The van der Waals surface area contributed by atoms with E-state index in [1.807, 2.05) is 0 Å². The molecule has 2 unspecified atom stereocenters.